The molecule has 6 heterocycles. The lowest BCUT2D eigenvalue weighted by Gasteiger charge is -2.09. The van der Waals surface area contributed by atoms with E-state index in [9.17, 15) is 0 Å². The molecule has 0 bridgehead atoms. The molecular weight excluding hydrogens is 454 g/mol. The summed E-state index contributed by atoms with van der Waals surface area (Å²) in [5.74, 6) is 0. The van der Waals surface area contributed by atoms with Gasteiger partial charge in [0.15, 0.2) is 0 Å². The molecule has 0 fully saturated rings. The highest BCUT2D eigenvalue weighted by Gasteiger charge is 2.16. The molecule has 0 unspecified atom stereocenters. The van der Waals surface area contributed by atoms with Gasteiger partial charge in [-0.05, 0) is 42.1 Å². The fourth-order valence-electron chi connectivity index (χ4n) is 4.29. The van der Waals surface area contributed by atoms with Gasteiger partial charge in [-0.15, -0.1) is 11.3 Å². The summed E-state index contributed by atoms with van der Waals surface area (Å²) in [6.07, 6.45) is 9.24. The van der Waals surface area contributed by atoms with Crippen molar-refractivity contribution in [3.05, 3.63) is 78.8 Å². The molecule has 0 atom stereocenters. The van der Waals surface area contributed by atoms with Crippen LogP contribution in [0.25, 0.3) is 55.0 Å². The van der Waals surface area contributed by atoms with Crippen LogP contribution in [0.1, 0.15) is 19.8 Å². The molecule has 0 radical (unpaired) electrons. The lowest BCUT2D eigenvalue weighted by atomic mass is 10.1. The van der Waals surface area contributed by atoms with Gasteiger partial charge in [-0.2, -0.15) is 5.10 Å². The summed E-state index contributed by atoms with van der Waals surface area (Å²) in [7, 11) is 0. The van der Waals surface area contributed by atoms with Gasteiger partial charge in [0.2, 0.25) is 0 Å². The van der Waals surface area contributed by atoms with E-state index >= 15 is 0 Å². The molecule has 6 rings (SSSR count). The summed E-state index contributed by atoms with van der Waals surface area (Å²) in [4.78, 5) is 18.4. The van der Waals surface area contributed by atoms with E-state index < -0.39 is 0 Å². The third-order valence-corrected chi connectivity index (χ3v) is 6.79. The van der Waals surface area contributed by atoms with Crippen molar-refractivity contribution < 1.29 is 0 Å². The number of rotatable bonds is 7. The van der Waals surface area contributed by atoms with Crippen molar-refractivity contribution in [1.82, 2.24) is 30.1 Å². The van der Waals surface area contributed by atoms with Crippen molar-refractivity contribution in [2.75, 3.05) is 5.32 Å². The predicted octanol–water partition coefficient (Wildman–Crippen LogP) is 7.02. The van der Waals surface area contributed by atoms with E-state index in [1.807, 2.05) is 36.8 Å². The molecule has 6 aromatic rings. The Morgan fingerprint density at radius 2 is 1.94 bits per heavy atom. The minimum Gasteiger partial charge on any atom is -0.358 e. The second-order valence-electron chi connectivity index (χ2n) is 8.41. The van der Waals surface area contributed by atoms with Gasteiger partial charge < -0.3 is 10.3 Å². The largest absolute Gasteiger partial charge is 0.358 e. The van der Waals surface area contributed by atoms with Crippen molar-refractivity contribution in [3.8, 4) is 33.2 Å². The highest BCUT2D eigenvalue weighted by molar-refractivity contribution is 7.13. The Labute approximate surface area is 206 Å². The Morgan fingerprint density at radius 1 is 1.03 bits per heavy atom. The van der Waals surface area contributed by atoms with Crippen LogP contribution in [0.15, 0.2) is 78.8 Å². The topological polar surface area (TPSA) is 95.2 Å². The number of aromatic nitrogens is 6. The average Bonchev–Trinajstić information content (AvgIpc) is 3.63. The lowest BCUT2D eigenvalue weighted by molar-refractivity contribution is 0.913. The van der Waals surface area contributed by atoms with E-state index in [0.717, 1.165) is 79.2 Å². The molecule has 35 heavy (non-hydrogen) atoms. The normalized spacial score (nSPS) is 11.3. The number of hydrogen-bond donors (Lipinski definition) is 3. The predicted molar refractivity (Wildman–Crippen MR) is 143 cm³/mol. The van der Waals surface area contributed by atoms with E-state index in [-0.39, 0.29) is 0 Å². The number of hydrogen-bond acceptors (Lipinski definition) is 6. The van der Waals surface area contributed by atoms with E-state index in [1.54, 1.807) is 17.5 Å². The maximum absolute atomic E-state index is 4.65. The maximum Gasteiger partial charge on any atom is 0.116 e. The van der Waals surface area contributed by atoms with Gasteiger partial charge >= 0.3 is 0 Å². The van der Waals surface area contributed by atoms with Crippen molar-refractivity contribution in [3.63, 3.8) is 0 Å². The molecule has 3 N–H and O–H groups in total. The van der Waals surface area contributed by atoms with Crippen LogP contribution in [0.5, 0.6) is 0 Å². The van der Waals surface area contributed by atoms with Gasteiger partial charge in [0, 0.05) is 39.9 Å². The second-order valence-corrected chi connectivity index (χ2v) is 9.36. The van der Waals surface area contributed by atoms with Gasteiger partial charge in [0.25, 0.3) is 0 Å². The number of thiophene rings is 1. The zero-order valence-electron chi connectivity index (χ0n) is 19.2. The SMILES string of the molecule is C=C(CCC)Nc1cncc(-c2cc3c(-c4cc5c(-c6cccs6)nccc5[nH]4)n[nH]c3cn2)c1. The third kappa shape index (κ3) is 3.98. The first-order chi connectivity index (χ1) is 17.2. The summed E-state index contributed by atoms with van der Waals surface area (Å²) < 4.78 is 0. The minimum atomic E-state index is 0.828. The number of nitrogens with zero attached hydrogens (tertiary/aromatic N) is 4. The van der Waals surface area contributed by atoms with Crippen LogP contribution in [0.2, 0.25) is 0 Å². The summed E-state index contributed by atoms with van der Waals surface area (Å²) in [5, 5.41) is 15.2. The number of fused-ring (bicyclic) bond motifs is 2. The third-order valence-electron chi connectivity index (χ3n) is 5.91. The van der Waals surface area contributed by atoms with Crippen molar-refractivity contribution in [2.45, 2.75) is 19.8 Å². The standard InChI is InChI=1S/C27H23N7S/c1-3-5-16(2)31-18-10-17(13-28-14-18)22-11-20-24(15-30-22)33-34-26(20)23-12-19-21(32-23)7-8-29-27(19)25-6-4-9-35-25/h4,6-15,31-32H,2-3,5H2,1H3,(H,33,34). The van der Waals surface area contributed by atoms with Crippen LogP contribution in [0.4, 0.5) is 5.69 Å². The summed E-state index contributed by atoms with van der Waals surface area (Å²) >= 11 is 1.68. The zero-order valence-corrected chi connectivity index (χ0v) is 20.0. The van der Waals surface area contributed by atoms with Crippen molar-refractivity contribution >= 4 is 38.8 Å². The van der Waals surface area contributed by atoms with Crippen LogP contribution < -0.4 is 5.32 Å². The summed E-state index contributed by atoms with van der Waals surface area (Å²) in [5.41, 5.74) is 8.28. The van der Waals surface area contributed by atoms with Crippen LogP contribution in [0.3, 0.4) is 0 Å². The Morgan fingerprint density at radius 3 is 2.80 bits per heavy atom. The molecule has 0 aliphatic rings. The van der Waals surface area contributed by atoms with Gasteiger partial charge in [-0.1, -0.05) is 26.0 Å². The first-order valence-electron chi connectivity index (χ1n) is 11.5. The van der Waals surface area contributed by atoms with E-state index in [0.29, 0.717) is 0 Å². The quantitative estimate of drug-likeness (QED) is 0.230. The molecule has 0 saturated carbocycles. The molecule has 0 aliphatic heterocycles. The zero-order chi connectivity index (χ0) is 23.8. The Balaban J connectivity index is 1.40. The summed E-state index contributed by atoms with van der Waals surface area (Å²) in [6.45, 7) is 6.22. The fourth-order valence-corrected chi connectivity index (χ4v) is 5.02. The molecule has 0 saturated heterocycles. The maximum atomic E-state index is 4.65. The second kappa shape index (κ2) is 8.81. The first kappa shape index (κ1) is 21.2. The van der Waals surface area contributed by atoms with Crippen molar-refractivity contribution in [1.29, 1.82) is 0 Å². The Bertz CT molecular complexity index is 1660. The number of allylic oxidation sites excluding steroid dienone is 1. The Kier molecular flexibility index (Phi) is 5.35. The van der Waals surface area contributed by atoms with Crippen molar-refractivity contribution in [2.24, 2.45) is 0 Å². The smallest absolute Gasteiger partial charge is 0.116 e. The first-order valence-corrected chi connectivity index (χ1v) is 12.3. The lowest BCUT2D eigenvalue weighted by Crippen LogP contribution is -1.98. The molecule has 0 aromatic carbocycles. The molecule has 0 spiro atoms. The van der Waals surface area contributed by atoms with E-state index in [4.69, 9.17) is 0 Å². The van der Waals surface area contributed by atoms with E-state index in [2.05, 4.69) is 72.5 Å². The Hall–Kier alpha value is -4.30. The average molecular weight is 478 g/mol. The highest BCUT2D eigenvalue weighted by atomic mass is 32.1. The molecule has 7 nitrogen and oxygen atoms in total. The highest BCUT2D eigenvalue weighted by Crippen LogP contribution is 2.35. The molecule has 0 amide bonds. The molecule has 172 valence electrons. The monoisotopic (exact) mass is 477 g/mol. The number of H-pyrrole nitrogens is 2. The molecule has 6 aromatic heterocycles. The number of aromatic amines is 2. The van der Waals surface area contributed by atoms with Crippen LogP contribution in [0, 0.1) is 0 Å². The van der Waals surface area contributed by atoms with Gasteiger partial charge in [0.1, 0.15) is 5.69 Å². The van der Waals surface area contributed by atoms with E-state index in [1.165, 1.54) is 0 Å². The van der Waals surface area contributed by atoms with Crippen LogP contribution >= 0.6 is 11.3 Å². The minimum absolute atomic E-state index is 0.828. The van der Waals surface area contributed by atoms with Crippen LogP contribution in [-0.2, 0) is 0 Å². The number of nitrogens with one attached hydrogen (secondary N) is 3. The number of anilines is 1. The fraction of sp³-hybridized carbons (Fsp3) is 0.111. The van der Waals surface area contributed by atoms with Gasteiger partial charge in [-0.3, -0.25) is 20.1 Å². The van der Waals surface area contributed by atoms with Crippen LogP contribution in [-0.4, -0.2) is 30.1 Å². The molecular formula is C27H23N7S. The summed E-state index contributed by atoms with van der Waals surface area (Å²) in [6, 6.07) is 12.4. The van der Waals surface area contributed by atoms with Gasteiger partial charge in [-0.25, -0.2) is 0 Å². The molecule has 0 aliphatic carbocycles. The molecule has 8 heteroatoms. The number of pyridine rings is 3. The van der Waals surface area contributed by atoms with Gasteiger partial charge in [0.05, 0.1) is 45.6 Å².